The maximum Gasteiger partial charge on any atom is 0.0922 e. The molecule has 1 heterocycles. The van der Waals surface area contributed by atoms with E-state index in [1.807, 2.05) is 6.07 Å². The quantitative estimate of drug-likeness (QED) is 0.890. The zero-order valence-corrected chi connectivity index (χ0v) is 12.3. The minimum absolute atomic E-state index is 0.410. The second kappa shape index (κ2) is 5.34. The van der Waals surface area contributed by atoms with Crippen molar-refractivity contribution in [2.75, 3.05) is 0 Å². The highest BCUT2D eigenvalue weighted by atomic mass is 79.9. The van der Waals surface area contributed by atoms with Crippen LogP contribution in [0, 0.1) is 13.8 Å². The molecule has 90 valence electrons. The van der Waals surface area contributed by atoms with Crippen LogP contribution in [0.2, 0.25) is 0 Å². The Morgan fingerprint density at radius 1 is 1.24 bits per heavy atom. The molecule has 0 saturated carbocycles. The van der Waals surface area contributed by atoms with Gasteiger partial charge in [-0.15, -0.1) is 11.3 Å². The van der Waals surface area contributed by atoms with Crippen LogP contribution in [0.5, 0.6) is 0 Å². The molecule has 1 nitrogen and oxygen atoms in total. The van der Waals surface area contributed by atoms with Crippen LogP contribution >= 0.6 is 27.3 Å². The summed E-state index contributed by atoms with van der Waals surface area (Å²) < 4.78 is 1.08. The highest BCUT2D eigenvalue weighted by molar-refractivity contribution is 9.10. The predicted molar refractivity (Wildman–Crippen MR) is 76.6 cm³/mol. The van der Waals surface area contributed by atoms with Crippen LogP contribution in [0.25, 0.3) is 0 Å². The highest BCUT2D eigenvalue weighted by Crippen LogP contribution is 2.32. The number of hydrogen-bond donors (Lipinski definition) is 1. The minimum Gasteiger partial charge on any atom is -0.387 e. The van der Waals surface area contributed by atoms with E-state index >= 15 is 0 Å². The van der Waals surface area contributed by atoms with E-state index in [9.17, 15) is 5.11 Å². The number of rotatable bonds is 3. The van der Waals surface area contributed by atoms with Gasteiger partial charge in [0.05, 0.1) is 6.10 Å². The molecule has 0 aliphatic carbocycles. The molecule has 1 aromatic carbocycles. The van der Waals surface area contributed by atoms with Crippen LogP contribution in [-0.2, 0) is 6.42 Å². The molecule has 0 aliphatic heterocycles. The molecule has 0 bridgehead atoms. The number of aliphatic hydroxyl groups excluding tert-OH is 1. The maximum absolute atomic E-state index is 10.2. The summed E-state index contributed by atoms with van der Waals surface area (Å²) in [4.78, 5) is 2.23. The molecular weight excluding hydrogens is 296 g/mol. The summed E-state index contributed by atoms with van der Waals surface area (Å²) in [5.74, 6) is 0. The van der Waals surface area contributed by atoms with Crippen molar-refractivity contribution >= 4 is 27.3 Å². The van der Waals surface area contributed by atoms with E-state index in [2.05, 4.69) is 54.0 Å². The van der Waals surface area contributed by atoms with Crippen LogP contribution in [0.1, 0.15) is 27.0 Å². The molecule has 0 spiro atoms. The van der Waals surface area contributed by atoms with Gasteiger partial charge in [-0.2, -0.15) is 0 Å². The molecular formula is C14H15BrOS. The van der Waals surface area contributed by atoms with Crippen molar-refractivity contribution in [3.8, 4) is 0 Å². The Hall–Kier alpha value is -0.640. The van der Waals surface area contributed by atoms with Crippen molar-refractivity contribution in [2.24, 2.45) is 0 Å². The van der Waals surface area contributed by atoms with Gasteiger partial charge in [-0.25, -0.2) is 0 Å². The van der Waals surface area contributed by atoms with E-state index in [0.717, 1.165) is 9.35 Å². The van der Waals surface area contributed by atoms with E-state index in [1.165, 1.54) is 16.0 Å². The summed E-state index contributed by atoms with van der Waals surface area (Å²) in [6.07, 6.45) is 0.264. The Balaban J connectivity index is 2.11. The van der Waals surface area contributed by atoms with Gasteiger partial charge >= 0.3 is 0 Å². The Morgan fingerprint density at radius 2 is 1.88 bits per heavy atom. The van der Waals surface area contributed by atoms with Gasteiger partial charge in [-0.3, -0.25) is 0 Å². The van der Waals surface area contributed by atoms with Gasteiger partial charge in [0.1, 0.15) is 0 Å². The van der Waals surface area contributed by atoms with Crippen LogP contribution in [-0.4, -0.2) is 5.11 Å². The monoisotopic (exact) mass is 310 g/mol. The molecule has 0 saturated heterocycles. The Kier molecular flexibility index (Phi) is 4.02. The van der Waals surface area contributed by atoms with Gasteiger partial charge in [0, 0.05) is 20.6 Å². The minimum atomic E-state index is -0.410. The molecule has 1 N–H and O–H groups in total. The van der Waals surface area contributed by atoms with Gasteiger partial charge in [0.15, 0.2) is 0 Å². The summed E-state index contributed by atoms with van der Waals surface area (Å²) >= 11 is 5.13. The molecule has 0 amide bonds. The van der Waals surface area contributed by atoms with E-state index in [1.54, 1.807) is 11.3 Å². The van der Waals surface area contributed by atoms with Crippen molar-refractivity contribution in [1.29, 1.82) is 0 Å². The van der Waals surface area contributed by atoms with E-state index in [0.29, 0.717) is 6.42 Å². The summed E-state index contributed by atoms with van der Waals surface area (Å²) in [6, 6.07) is 10.3. The first-order valence-electron chi connectivity index (χ1n) is 5.55. The molecule has 2 aromatic rings. The van der Waals surface area contributed by atoms with Gasteiger partial charge in [0.2, 0.25) is 0 Å². The molecule has 1 aromatic heterocycles. The fraction of sp³-hybridized carbons (Fsp3) is 0.286. The van der Waals surface area contributed by atoms with Gasteiger partial charge in [-0.05, 0) is 41.4 Å². The van der Waals surface area contributed by atoms with E-state index in [4.69, 9.17) is 0 Å². The van der Waals surface area contributed by atoms with Gasteiger partial charge in [0.25, 0.3) is 0 Å². The van der Waals surface area contributed by atoms with E-state index in [-0.39, 0.29) is 0 Å². The third-order valence-electron chi connectivity index (χ3n) is 2.75. The van der Waals surface area contributed by atoms with Crippen LogP contribution in [0.15, 0.2) is 34.8 Å². The average Bonchev–Trinajstić information content (AvgIpc) is 2.63. The summed E-state index contributed by atoms with van der Waals surface area (Å²) in [5, 5.41) is 10.2. The molecule has 2 rings (SSSR count). The van der Waals surface area contributed by atoms with Crippen molar-refractivity contribution in [3.05, 3.63) is 55.7 Å². The van der Waals surface area contributed by atoms with Crippen molar-refractivity contribution in [2.45, 2.75) is 26.4 Å². The number of aryl methyl sites for hydroxylation is 2. The summed E-state index contributed by atoms with van der Waals surface area (Å²) in [7, 11) is 0. The lowest BCUT2D eigenvalue weighted by Crippen LogP contribution is -1.99. The van der Waals surface area contributed by atoms with Crippen molar-refractivity contribution in [3.63, 3.8) is 0 Å². The van der Waals surface area contributed by atoms with Crippen molar-refractivity contribution < 1.29 is 5.11 Å². The third-order valence-corrected chi connectivity index (χ3v) is 4.99. The van der Waals surface area contributed by atoms with E-state index < -0.39 is 6.10 Å². The molecule has 0 aliphatic rings. The topological polar surface area (TPSA) is 20.2 Å². The Bertz CT molecular complexity index is 482. The lowest BCUT2D eigenvalue weighted by Gasteiger charge is -2.08. The van der Waals surface area contributed by atoms with Gasteiger partial charge in [-0.1, -0.05) is 29.8 Å². The number of thiophene rings is 1. The van der Waals surface area contributed by atoms with Crippen molar-refractivity contribution in [1.82, 2.24) is 0 Å². The van der Waals surface area contributed by atoms with Gasteiger partial charge < -0.3 is 5.11 Å². The lowest BCUT2D eigenvalue weighted by atomic mass is 10.1. The summed E-state index contributed by atoms with van der Waals surface area (Å²) in [6.45, 7) is 4.12. The fourth-order valence-electron chi connectivity index (χ4n) is 1.69. The van der Waals surface area contributed by atoms with Crippen LogP contribution in [0.4, 0.5) is 0 Å². The third kappa shape index (κ3) is 3.18. The van der Waals surface area contributed by atoms with Crippen LogP contribution < -0.4 is 0 Å². The smallest absolute Gasteiger partial charge is 0.0922 e. The Labute approximate surface area is 114 Å². The maximum atomic E-state index is 10.2. The largest absolute Gasteiger partial charge is 0.387 e. The van der Waals surface area contributed by atoms with Crippen LogP contribution in [0.3, 0.4) is 0 Å². The molecule has 1 atom stereocenters. The second-order valence-corrected chi connectivity index (χ2v) is 6.40. The molecule has 3 heteroatoms. The summed E-state index contributed by atoms with van der Waals surface area (Å²) in [5.41, 5.74) is 2.42. The first-order valence-corrected chi connectivity index (χ1v) is 7.16. The Morgan fingerprint density at radius 3 is 2.41 bits per heavy atom. The first kappa shape index (κ1) is 12.8. The standard InChI is InChI=1S/C14H15BrOS/c1-9-3-5-11(6-4-9)7-13(16)14-8-12(15)10(2)17-14/h3-6,8,13,16H,7H2,1-2H3. The number of benzene rings is 1. The SMILES string of the molecule is Cc1ccc(CC(O)c2cc(Br)c(C)s2)cc1. The highest BCUT2D eigenvalue weighted by Gasteiger charge is 2.12. The lowest BCUT2D eigenvalue weighted by molar-refractivity contribution is 0.182. The molecule has 17 heavy (non-hydrogen) atoms. The molecule has 1 unspecified atom stereocenters. The average molecular weight is 311 g/mol. The molecule has 0 fully saturated rings. The number of aliphatic hydroxyl groups is 1. The molecule has 0 radical (unpaired) electrons. The zero-order valence-electron chi connectivity index (χ0n) is 9.90. The zero-order chi connectivity index (χ0) is 12.4. The number of halogens is 1. The number of hydrogen-bond acceptors (Lipinski definition) is 2. The predicted octanol–water partition coefficient (Wildman–Crippen LogP) is 4.40. The first-order chi connectivity index (χ1) is 8.06. The second-order valence-electron chi connectivity index (χ2n) is 4.26. The fourth-order valence-corrected chi connectivity index (χ4v) is 3.24. The normalized spacial score (nSPS) is 12.7.